The Morgan fingerprint density at radius 3 is 2.51 bits per heavy atom. The second kappa shape index (κ2) is 8.90. The van der Waals surface area contributed by atoms with E-state index in [9.17, 15) is 13.2 Å². The Bertz CT molecular complexity index is 1330. The third kappa shape index (κ3) is 4.44. The summed E-state index contributed by atoms with van der Waals surface area (Å²) >= 11 is 0. The van der Waals surface area contributed by atoms with Crippen LogP contribution in [0.1, 0.15) is 44.3 Å². The van der Waals surface area contributed by atoms with Crippen LogP contribution in [-0.2, 0) is 20.3 Å². The van der Waals surface area contributed by atoms with Gasteiger partial charge >= 0.3 is 6.18 Å². The van der Waals surface area contributed by atoms with Gasteiger partial charge in [-0.3, -0.25) is 14.0 Å². The summed E-state index contributed by atoms with van der Waals surface area (Å²) in [5.74, 6) is 0.556. The van der Waals surface area contributed by atoms with E-state index in [4.69, 9.17) is 9.84 Å². The molecule has 0 radical (unpaired) electrons. The largest absolute Gasteiger partial charge is 0.486 e. The first-order valence-electron chi connectivity index (χ1n) is 11.6. The van der Waals surface area contributed by atoms with Crippen LogP contribution >= 0.6 is 0 Å². The SMILES string of the molecule is CCNc1cc2c(cn1)c(-c1cnn(C)c1)nn2[C@H]1CC[C@@H](Oc2cnn(C)c2C(F)(F)F)CC1. The molecule has 1 N–H and O–H groups in total. The minimum atomic E-state index is -4.52. The van der Waals surface area contributed by atoms with Crippen LogP contribution in [0.15, 0.2) is 30.9 Å². The van der Waals surface area contributed by atoms with E-state index in [1.165, 1.54) is 7.05 Å². The molecule has 4 aromatic heterocycles. The van der Waals surface area contributed by atoms with Crippen molar-refractivity contribution in [2.24, 2.45) is 14.1 Å². The predicted octanol–water partition coefficient (Wildman–Crippen LogP) is 4.58. The minimum Gasteiger partial charge on any atom is -0.486 e. The Kier molecular flexibility index (Phi) is 5.89. The average molecular weight is 489 g/mol. The molecule has 0 atom stereocenters. The van der Waals surface area contributed by atoms with Gasteiger partial charge in [-0.05, 0) is 32.6 Å². The van der Waals surface area contributed by atoms with Gasteiger partial charge < -0.3 is 10.1 Å². The molecule has 186 valence electrons. The number of nitrogens with one attached hydrogen (secondary N) is 1. The summed E-state index contributed by atoms with van der Waals surface area (Å²) in [6, 6.07) is 2.09. The molecule has 4 aromatic rings. The number of pyridine rings is 1. The number of nitrogens with zero attached hydrogens (tertiary/aromatic N) is 7. The van der Waals surface area contributed by atoms with Crippen molar-refractivity contribution in [1.29, 1.82) is 0 Å². The molecule has 35 heavy (non-hydrogen) atoms. The second-order valence-corrected chi connectivity index (χ2v) is 8.84. The monoisotopic (exact) mass is 488 g/mol. The van der Waals surface area contributed by atoms with Gasteiger partial charge in [0.15, 0.2) is 11.4 Å². The fourth-order valence-electron chi connectivity index (χ4n) is 4.76. The molecule has 12 heteroatoms. The number of alkyl halides is 3. The molecule has 0 unspecified atom stereocenters. The Hall–Kier alpha value is -3.57. The van der Waals surface area contributed by atoms with Crippen molar-refractivity contribution >= 4 is 16.7 Å². The fourth-order valence-corrected chi connectivity index (χ4v) is 4.76. The molecule has 1 fully saturated rings. The van der Waals surface area contributed by atoms with Crippen molar-refractivity contribution in [3.8, 4) is 17.0 Å². The predicted molar refractivity (Wildman–Crippen MR) is 124 cm³/mol. The number of anilines is 1. The number of ether oxygens (including phenoxy) is 1. The molecular weight excluding hydrogens is 461 g/mol. The fraction of sp³-hybridized carbons (Fsp3) is 0.478. The third-order valence-electron chi connectivity index (χ3n) is 6.38. The lowest BCUT2D eigenvalue weighted by Crippen LogP contribution is -2.27. The zero-order valence-electron chi connectivity index (χ0n) is 19.7. The number of aryl methyl sites for hydroxylation is 2. The highest BCUT2D eigenvalue weighted by atomic mass is 19.4. The Morgan fingerprint density at radius 2 is 1.86 bits per heavy atom. The topological polar surface area (TPSA) is 87.6 Å². The molecule has 1 aliphatic carbocycles. The van der Waals surface area contributed by atoms with Crippen molar-refractivity contribution in [3.05, 3.63) is 36.5 Å². The van der Waals surface area contributed by atoms with Crippen molar-refractivity contribution in [1.82, 2.24) is 34.3 Å². The van der Waals surface area contributed by atoms with Crippen LogP contribution in [0.4, 0.5) is 19.0 Å². The first-order chi connectivity index (χ1) is 16.7. The van der Waals surface area contributed by atoms with Gasteiger partial charge in [-0.2, -0.15) is 28.5 Å². The second-order valence-electron chi connectivity index (χ2n) is 8.84. The molecule has 0 bridgehead atoms. The molecule has 9 nitrogen and oxygen atoms in total. The molecule has 0 amide bonds. The van der Waals surface area contributed by atoms with E-state index in [1.54, 1.807) is 10.9 Å². The average Bonchev–Trinajstić information content (AvgIpc) is 3.51. The number of rotatable bonds is 6. The number of hydrogen-bond donors (Lipinski definition) is 1. The van der Waals surface area contributed by atoms with E-state index in [2.05, 4.69) is 20.5 Å². The van der Waals surface area contributed by atoms with E-state index in [-0.39, 0.29) is 17.9 Å². The molecule has 0 spiro atoms. The number of hydrogen-bond acceptors (Lipinski definition) is 6. The van der Waals surface area contributed by atoms with Crippen molar-refractivity contribution in [3.63, 3.8) is 0 Å². The molecule has 0 saturated heterocycles. The van der Waals surface area contributed by atoms with E-state index >= 15 is 0 Å². The third-order valence-corrected chi connectivity index (χ3v) is 6.38. The van der Waals surface area contributed by atoms with Gasteiger partial charge in [0, 0.05) is 50.0 Å². The van der Waals surface area contributed by atoms with Crippen LogP contribution < -0.4 is 10.1 Å². The van der Waals surface area contributed by atoms with E-state index < -0.39 is 11.9 Å². The van der Waals surface area contributed by atoms with Gasteiger partial charge in [-0.25, -0.2) is 4.98 Å². The number of halogens is 3. The summed E-state index contributed by atoms with van der Waals surface area (Å²) in [5, 5.41) is 17.1. The minimum absolute atomic E-state index is 0.0932. The van der Waals surface area contributed by atoms with Crippen LogP contribution in [0.5, 0.6) is 5.75 Å². The molecule has 5 rings (SSSR count). The summed E-state index contributed by atoms with van der Waals surface area (Å²) in [6.07, 6.45) is 4.53. The zero-order chi connectivity index (χ0) is 24.7. The number of aromatic nitrogens is 7. The molecule has 0 aromatic carbocycles. The molecule has 0 aliphatic heterocycles. The van der Waals surface area contributed by atoms with Crippen LogP contribution in [0, 0.1) is 0 Å². The van der Waals surface area contributed by atoms with Crippen LogP contribution in [0.3, 0.4) is 0 Å². The van der Waals surface area contributed by atoms with E-state index in [0.29, 0.717) is 12.8 Å². The highest BCUT2D eigenvalue weighted by Crippen LogP contribution is 2.39. The summed E-state index contributed by atoms with van der Waals surface area (Å²) < 4.78 is 50.5. The smallest absolute Gasteiger partial charge is 0.436 e. The zero-order valence-corrected chi connectivity index (χ0v) is 19.7. The van der Waals surface area contributed by atoms with Crippen molar-refractivity contribution < 1.29 is 17.9 Å². The van der Waals surface area contributed by atoms with Crippen molar-refractivity contribution in [2.45, 2.75) is 50.9 Å². The summed E-state index contributed by atoms with van der Waals surface area (Å²) in [4.78, 5) is 4.53. The summed E-state index contributed by atoms with van der Waals surface area (Å²) in [5.41, 5.74) is 1.82. The lowest BCUT2D eigenvalue weighted by atomic mass is 9.93. The normalized spacial score (nSPS) is 18.8. The standard InChI is InChI=1S/C23H27F3N8O/c1-4-27-20-9-18-17(11-28-20)21(14-10-29-32(2)13-14)31-34(18)15-5-7-16(8-6-15)35-19-12-30-33(3)22(19)23(24,25)26/h9-13,15-16H,4-8H2,1-3H3,(H,27,28)/t15-,16+. The van der Waals surface area contributed by atoms with E-state index in [1.807, 2.05) is 37.1 Å². The van der Waals surface area contributed by atoms with Gasteiger partial charge in [-0.15, -0.1) is 0 Å². The molecule has 1 saturated carbocycles. The maximum absolute atomic E-state index is 13.4. The van der Waals surface area contributed by atoms with Crippen LogP contribution in [0.25, 0.3) is 22.2 Å². The Morgan fingerprint density at radius 1 is 1.09 bits per heavy atom. The first-order valence-corrected chi connectivity index (χ1v) is 11.6. The van der Waals surface area contributed by atoms with Gasteiger partial charge in [0.05, 0.1) is 30.1 Å². The first kappa shape index (κ1) is 23.2. The lowest BCUT2D eigenvalue weighted by Gasteiger charge is -2.29. The Balaban J connectivity index is 1.39. The summed E-state index contributed by atoms with van der Waals surface area (Å²) in [6.45, 7) is 2.76. The maximum Gasteiger partial charge on any atom is 0.436 e. The molecular formula is C23H27F3N8O. The lowest BCUT2D eigenvalue weighted by molar-refractivity contribution is -0.145. The number of fused-ring (bicyclic) bond motifs is 1. The highest BCUT2D eigenvalue weighted by molar-refractivity contribution is 5.93. The van der Waals surface area contributed by atoms with Crippen LogP contribution in [0.2, 0.25) is 0 Å². The van der Waals surface area contributed by atoms with Crippen LogP contribution in [-0.4, -0.2) is 47.0 Å². The summed E-state index contributed by atoms with van der Waals surface area (Å²) in [7, 11) is 3.13. The molecule has 1 aliphatic rings. The van der Waals surface area contributed by atoms with Gasteiger partial charge in [0.1, 0.15) is 11.5 Å². The quantitative estimate of drug-likeness (QED) is 0.428. The molecule has 4 heterocycles. The van der Waals surface area contributed by atoms with Gasteiger partial charge in [0.2, 0.25) is 0 Å². The highest BCUT2D eigenvalue weighted by Gasteiger charge is 2.39. The van der Waals surface area contributed by atoms with Crippen molar-refractivity contribution in [2.75, 3.05) is 11.9 Å². The maximum atomic E-state index is 13.4. The van der Waals surface area contributed by atoms with Gasteiger partial charge in [0.25, 0.3) is 0 Å². The van der Waals surface area contributed by atoms with Gasteiger partial charge in [-0.1, -0.05) is 0 Å². The van der Waals surface area contributed by atoms with E-state index in [0.717, 1.165) is 58.2 Å². The Labute approximate surface area is 199 Å².